The van der Waals surface area contributed by atoms with E-state index in [1.54, 1.807) is 0 Å². The summed E-state index contributed by atoms with van der Waals surface area (Å²) in [5, 5.41) is 0. The van der Waals surface area contributed by atoms with Gasteiger partial charge in [-0.3, -0.25) is 4.79 Å². The summed E-state index contributed by atoms with van der Waals surface area (Å²) in [4.78, 5) is 11.5. The van der Waals surface area contributed by atoms with Crippen LogP contribution in [0.4, 0.5) is 0 Å². The van der Waals surface area contributed by atoms with E-state index in [1.165, 1.54) is 0 Å². The van der Waals surface area contributed by atoms with Crippen molar-refractivity contribution in [3.05, 3.63) is 47.5 Å². The van der Waals surface area contributed by atoms with Gasteiger partial charge in [-0.05, 0) is 25.0 Å². The van der Waals surface area contributed by atoms with Gasteiger partial charge in [-0.2, -0.15) is 0 Å². The molecule has 0 spiro atoms. The van der Waals surface area contributed by atoms with E-state index < -0.39 is 0 Å². The van der Waals surface area contributed by atoms with Gasteiger partial charge in [0.05, 0.1) is 0 Å². The molecule has 1 aromatic carbocycles. The molecular formula is C12H14O. The van der Waals surface area contributed by atoms with Crippen molar-refractivity contribution in [3.63, 3.8) is 0 Å². The molecule has 0 bridgehead atoms. The lowest BCUT2D eigenvalue weighted by molar-refractivity contribution is -0.114. The van der Waals surface area contributed by atoms with Crippen molar-refractivity contribution in [3.8, 4) is 0 Å². The molecule has 1 heteroatoms. The van der Waals surface area contributed by atoms with Gasteiger partial charge < -0.3 is 0 Å². The third-order valence-corrected chi connectivity index (χ3v) is 2.08. The zero-order valence-corrected chi connectivity index (χ0v) is 8.08. The second-order valence-corrected chi connectivity index (χ2v) is 3.06. The average Bonchev–Trinajstić information content (AvgIpc) is 2.18. The maximum atomic E-state index is 11.5. The topological polar surface area (TPSA) is 17.1 Å². The minimum Gasteiger partial charge on any atom is -0.294 e. The molecule has 0 fully saturated rings. The van der Waals surface area contributed by atoms with Gasteiger partial charge in [-0.15, -0.1) is 0 Å². The van der Waals surface area contributed by atoms with Gasteiger partial charge in [0, 0.05) is 6.42 Å². The number of carbonyl (C=O) groups is 1. The SMILES string of the molecule is C/C=C(/C)C(=O)Cc1ccccc1. The molecule has 0 amide bonds. The number of carbonyl (C=O) groups excluding carboxylic acids is 1. The fourth-order valence-corrected chi connectivity index (χ4v) is 1.08. The molecule has 0 heterocycles. The lowest BCUT2D eigenvalue weighted by Gasteiger charge is -1.99. The van der Waals surface area contributed by atoms with E-state index in [0.717, 1.165) is 11.1 Å². The van der Waals surface area contributed by atoms with E-state index in [9.17, 15) is 4.79 Å². The van der Waals surface area contributed by atoms with Crippen LogP contribution in [0, 0.1) is 0 Å². The van der Waals surface area contributed by atoms with Crippen molar-refractivity contribution in [2.24, 2.45) is 0 Å². The van der Waals surface area contributed by atoms with E-state index in [4.69, 9.17) is 0 Å². The van der Waals surface area contributed by atoms with E-state index in [-0.39, 0.29) is 5.78 Å². The van der Waals surface area contributed by atoms with Crippen LogP contribution in [0.2, 0.25) is 0 Å². The number of hydrogen-bond donors (Lipinski definition) is 0. The Hall–Kier alpha value is -1.37. The van der Waals surface area contributed by atoms with Gasteiger partial charge in [-0.25, -0.2) is 0 Å². The monoisotopic (exact) mass is 174 g/mol. The molecule has 0 N–H and O–H groups in total. The van der Waals surface area contributed by atoms with Crippen LogP contribution < -0.4 is 0 Å². The minimum atomic E-state index is 0.203. The molecule has 68 valence electrons. The molecule has 1 aromatic rings. The van der Waals surface area contributed by atoms with Crippen molar-refractivity contribution in [1.82, 2.24) is 0 Å². The molecule has 0 radical (unpaired) electrons. The highest BCUT2D eigenvalue weighted by atomic mass is 16.1. The number of Topliss-reactive ketones (excluding diaryl/α,β-unsaturated/α-hetero) is 1. The Labute approximate surface area is 79.1 Å². The lowest BCUT2D eigenvalue weighted by Crippen LogP contribution is -2.03. The van der Waals surface area contributed by atoms with Crippen LogP contribution in [0.5, 0.6) is 0 Å². The molecule has 0 atom stereocenters. The van der Waals surface area contributed by atoms with Crippen LogP contribution in [-0.4, -0.2) is 5.78 Å². The van der Waals surface area contributed by atoms with Crippen LogP contribution in [0.25, 0.3) is 0 Å². The van der Waals surface area contributed by atoms with Crippen LogP contribution in [0.3, 0.4) is 0 Å². The van der Waals surface area contributed by atoms with Gasteiger partial charge >= 0.3 is 0 Å². The zero-order chi connectivity index (χ0) is 9.68. The first-order valence-electron chi connectivity index (χ1n) is 4.44. The molecule has 1 rings (SSSR count). The van der Waals surface area contributed by atoms with Crippen molar-refractivity contribution in [1.29, 1.82) is 0 Å². The van der Waals surface area contributed by atoms with Crippen molar-refractivity contribution >= 4 is 5.78 Å². The Morgan fingerprint density at radius 3 is 2.46 bits per heavy atom. The Balaban J connectivity index is 2.66. The maximum Gasteiger partial charge on any atom is 0.162 e. The summed E-state index contributed by atoms with van der Waals surface area (Å²) >= 11 is 0. The number of benzene rings is 1. The normalized spacial score (nSPS) is 11.4. The summed E-state index contributed by atoms with van der Waals surface area (Å²) in [7, 11) is 0. The van der Waals surface area contributed by atoms with E-state index in [0.29, 0.717) is 6.42 Å². The zero-order valence-electron chi connectivity index (χ0n) is 8.08. The predicted octanol–water partition coefficient (Wildman–Crippen LogP) is 2.76. The third-order valence-electron chi connectivity index (χ3n) is 2.08. The third kappa shape index (κ3) is 2.86. The molecule has 0 aliphatic carbocycles. The van der Waals surface area contributed by atoms with Gasteiger partial charge in [-0.1, -0.05) is 36.4 Å². The lowest BCUT2D eigenvalue weighted by atomic mass is 10.0. The molecule has 0 aliphatic heterocycles. The summed E-state index contributed by atoms with van der Waals surface area (Å²) < 4.78 is 0. The van der Waals surface area contributed by atoms with E-state index in [2.05, 4.69) is 0 Å². The standard InChI is InChI=1S/C12H14O/c1-3-10(2)12(13)9-11-7-5-4-6-8-11/h3-8H,9H2,1-2H3/b10-3-. The molecule has 0 saturated carbocycles. The fraction of sp³-hybridized carbons (Fsp3) is 0.250. The number of hydrogen-bond acceptors (Lipinski definition) is 1. The quantitative estimate of drug-likeness (QED) is 0.644. The highest BCUT2D eigenvalue weighted by Gasteiger charge is 2.03. The number of rotatable bonds is 3. The molecular weight excluding hydrogens is 160 g/mol. The van der Waals surface area contributed by atoms with Crippen molar-refractivity contribution in [2.75, 3.05) is 0 Å². The van der Waals surface area contributed by atoms with Gasteiger partial charge in [0.25, 0.3) is 0 Å². The van der Waals surface area contributed by atoms with Crippen LogP contribution in [0.15, 0.2) is 42.0 Å². The second-order valence-electron chi connectivity index (χ2n) is 3.06. The predicted molar refractivity (Wildman–Crippen MR) is 54.6 cm³/mol. The first kappa shape index (κ1) is 9.72. The molecule has 0 saturated heterocycles. The van der Waals surface area contributed by atoms with E-state index in [1.807, 2.05) is 50.3 Å². The molecule has 0 aliphatic rings. The largest absolute Gasteiger partial charge is 0.294 e. The van der Waals surface area contributed by atoms with Crippen LogP contribution >= 0.6 is 0 Å². The number of allylic oxidation sites excluding steroid dienone is 2. The Kier molecular flexibility index (Phi) is 3.44. The smallest absolute Gasteiger partial charge is 0.162 e. The van der Waals surface area contributed by atoms with E-state index >= 15 is 0 Å². The van der Waals surface area contributed by atoms with Gasteiger partial charge in [0.15, 0.2) is 5.78 Å². The van der Waals surface area contributed by atoms with Crippen LogP contribution in [0.1, 0.15) is 19.4 Å². The minimum absolute atomic E-state index is 0.203. The highest BCUT2D eigenvalue weighted by molar-refractivity contribution is 5.96. The molecule has 0 aromatic heterocycles. The summed E-state index contributed by atoms with van der Waals surface area (Å²) in [5.74, 6) is 0.203. The summed E-state index contributed by atoms with van der Waals surface area (Å²) in [5.41, 5.74) is 1.91. The second kappa shape index (κ2) is 4.61. The Morgan fingerprint density at radius 1 is 1.31 bits per heavy atom. The van der Waals surface area contributed by atoms with Crippen LogP contribution in [-0.2, 0) is 11.2 Å². The summed E-state index contributed by atoms with van der Waals surface area (Å²) in [6.45, 7) is 3.74. The van der Waals surface area contributed by atoms with Crippen molar-refractivity contribution < 1.29 is 4.79 Å². The molecule has 13 heavy (non-hydrogen) atoms. The first-order valence-corrected chi connectivity index (χ1v) is 4.44. The fourth-order valence-electron chi connectivity index (χ4n) is 1.08. The maximum absolute atomic E-state index is 11.5. The van der Waals surface area contributed by atoms with Crippen molar-refractivity contribution in [2.45, 2.75) is 20.3 Å². The highest BCUT2D eigenvalue weighted by Crippen LogP contribution is 2.04. The average molecular weight is 174 g/mol. The molecule has 1 nitrogen and oxygen atoms in total. The Bertz CT molecular complexity index is 309. The number of ketones is 1. The first-order chi connectivity index (χ1) is 6.24. The van der Waals surface area contributed by atoms with Gasteiger partial charge in [0.1, 0.15) is 0 Å². The summed E-state index contributed by atoms with van der Waals surface area (Å²) in [6.07, 6.45) is 2.36. The Morgan fingerprint density at radius 2 is 1.92 bits per heavy atom. The molecule has 0 unspecified atom stereocenters. The summed E-state index contributed by atoms with van der Waals surface area (Å²) in [6, 6.07) is 9.80. The van der Waals surface area contributed by atoms with Gasteiger partial charge in [0.2, 0.25) is 0 Å².